The third kappa shape index (κ3) is 3.12. The second-order valence-corrected chi connectivity index (χ2v) is 5.56. The first-order chi connectivity index (χ1) is 9.65. The fourth-order valence-corrected chi connectivity index (χ4v) is 3.02. The summed E-state index contributed by atoms with van der Waals surface area (Å²) in [6.45, 7) is 0.499. The van der Waals surface area contributed by atoms with Crippen LogP contribution >= 0.6 is 11.8 Å². The van der Waals surface area contributed by atoms with E-state index in [2.05, 4.69) is 4.98 Å². The van der Waals surface area contributed by atoms with E-state index in [1.54, 1.807) is 18.3 Å². The number of rotatable bonds is 3. The molecule has 0 aliphatic carbocycles. The molecular formula is C14H18N2O3S. The lowest BCUT2D eigenvalue weighted by Crippen LogP contribution is -2.44. The van der Waals surface area contributed by atoms with Crippen LogP contribution in [0.3, 0.4) is 0 Å². The van der Waals surface area contributed by atoms with Crippen molar-refractivity contribution in [3.63, 3.8) is 0 Å². The summed E-state index contributed by atoms with van der Waals surface area (Å²) in [7, 11) is 0. The number of carbonyl (C=O) groups excluding carboxylic acids is 1. The summed E-state index contributed by atoms with van der Waals surface area (Å²) in [5.41, 5.74) is 0.494. The Bertz CT molecular complexity index is 507. The Labute approximate surface area is 122 Å². The van der Waals surface area contributed by atoms with Gasteiger partial charge in [0.1, 0.15) is 11.1 Å². The van der Waals surface area contributed by atoms with E-state index in [1.165, 1.54) is 16.7 Å². The zero-order valence-corrected chi connectivity index (χ0v) is 12.2. The maximum Gasteiger partial charge on any atom is 0.326 e. The van der Waals surface area contributed by atoms with Crippen LogP contribution < -0.4 is 0 Å². The summed E-state index contributed by atoms with van der Waals surface area (Å²) >= 11 is 1.40. The molecule has 6 heteroatoms. The molecule has 0 spiro atoms. The molecule has 1 aliphatic rings. The standard InChI is InChI=1S/C14H18N2O3S/c1-20-12-10(6-5-8-15-12)13(17)16-9-4-2-3-7-11(16)14(18)19/h5-6,8,11H,2-4,7,9H2,1H3,(H,18,19). The van der Waals surface area contributed by atoms with Crippen LogP contribution in [0.15, 0.2) is 23.4 Å². The van der Waals surface area contributed by atoms with Gasteiger partial charge in [-0.15, -0.1) is 11.8 Å². The summed E-state index contributed by atoms with van der Waals surface area (Å²) in [5.74, 6) is -1.15. The van der Waals surface area contributed by atoms with Crippen LogP contribution in [0, 0.1) is 0 Å². The normalized spacial score (nSPS) is 19.4. The maximum absolute atomic E-state index is 12.7. The first kappa shape index (κ1) is 14.8. The number of hydrogen-bond donors (Lipinski definition) is 1. The molecule has 5 nitrogen and oxygen atoms in total. The molecule has 0 bridgehead atoms. The van der Waals surface area contributed by atoms with Gasteiger partial charge in [0.2, 0.25) is 0 Å². The molecule has 1 unspecified atom stereocenters. The molecule has 1 saturated heterocycles. The van der Waals surface area contributed by atoms with Crippen molar-refractivity contribution in [2.24, 2.45) is 0 Å². The molecule has 20 heavy (non-hydrogen) atoms. The van der Waals surface area contributed by atoms with E-state index in [-0.39, 0.29) is 5.91 Å². The van der Waals surface area contributed by atoms with E-state index in [4.69, 9.17) is 0 Å². The van der Waals surface area contributed by atoms with E-state index in [9.17, 15) is 14.7 Å². The topological polar surface area (TPSA) is 70.5 Å². The highest BCUT2D eigenvalue weighted by atomic mass is 32.2. The van der Waals surface area contributed by atoms with Gasteiger partial charge in [-0.3, -0.25) is 4.79 Å². The summed E-state index contributed by atoms with van der Waals surface area (Å²) in [4.78, 5) is 29.7. The number of aromatic nitrogens is 1. The van der Waals surface area contributed by atoms with Gasteiger partial charge in [-0.05, 0) is 31.2 Å². The lowest BCUT2D eigenvalue weighted by molar-refractivity contribution is -0.142. The highest BCUT2D eigenvalue weighted by molar-refractivity contribution is 7.98. The van der Waals surface area contributed by atoms with Gasteiger partial charge in [-0.1, -0.05) is 12.8 Å². The Morgan fingerprint density at radius 2 is 2.20 bits per heavy atom. The van der Waals surface area contributed by atoms with Crippen molar-refractivity contribution in [1.29, 1.82) is 0 Å². The smallest absolute Gasteiger partial charge is 0.326 e. The van der Waals surface area contributed by atoms with Crippen LogP contribution in [-0.4, -0.2) is 45.7 Å². The molecule has 1 amide bonds. The summed E-state index contributed by atoms with van der Waals surface area (Å²) in [6, 6.07) is 2.70. The zero-order chi connectivity index (χ0) is 14.5. The highest BCUT2D eigenvalue weighted by Crippen LogP contribution is 2.23. The second kappa shape index (κ2) is 6.74. The van der Waals surface area contributed by atoms with Gasteiger partial charge >= 0.3 is 5.97 Å². The zero-order valence-electron chi connectivity index (χ0n) is 11.4. The predicted octanol–water partition coefficient (Wildman–Crippen LogP) is 2.27. The Morgan fingerprint density at radius 1 is 1.40 bits per heavy atom. The van der Waals surface area contributed by atoms with Crippen LogP contribution in [0.1, 0.15) is 36.0 Å². The van der Waals surface area contributed by atoms with Gasteiger partial charge in [-0.2, -0.15) is 0 Å². The third-order valence-corrected chi connectivity index (χ3v) is 4.21. The van der Waals surface area contributed by atoms with Crippen LogP contribution in [0.25, 0.3) is 0 Å². The average Bonchev–Trinajstić information content (AvgIpc) is 2.72. The largest absolute Gasteiger partial charge is 0.480 e. The number of hydrogen-bond acceptors (Lipinski definition) is 4. The molecule has 1 N–H and O–H groups in total. The fraction of sp³-hybridized carbons (Fsp3) is 0.500. The maximum atomic E-state index is 12.7. The fourth-order valence-electron chi connectivity index (χ4n) is 2.48. The van der Waals surface area contributed by atoms with Gasteiger partial charge < -0.3 is 10.0 Å². The quantitative estimate of drug-likeness (QED) is 0.866. The Kier molecular flexibility index (Phi) is 5.00. The van der Waals surface area contributed by atoms with Gasteiger partial charge in [-0.25, -0.2) is 9.78 Å². The Balaban J connectivity index is 2.31. The molecule has 1 aromatic heterocycles. The third-order valence-electron chi connectivity index (χ3n) is 3.49. The minimum atomic E-state index is -0.921. The van der Waals surface area contributed by atoms with Crippen molar-refractivity contribution >= 4 is 23.6 Å². The van der Waals surface area contributed by atoms with E-state index in [0.29, 0.717) is 23.6 Å². The molecule has 2 heterocycles. The lowest BCUT2D eigenvalue weighted by Gasteiger charge is -2.27. The molecule has 108 valence electrons. The summed E-state index contributed by atoms with van der Waals surface area (Å²) < 4.78 is 0. The lowest BCUT2D eigenvalue weighted by atomic mass is 10.1. The molecular weight excluding hydrogens is 276 g/mol. The number of likely N-dealkylation sites (tertiary alicyclic amines) is 1. The Morgan fingerprint density at radius 3 is 2.90 bits per heavy atom. The Hall–Kier alpha value is -1.56. The number of carbonyl (C=O) groups is 2. The molecule has 0 saturated carbocycles. The van der Waals surface area contributed by atoms with Crippen LogP contribution in [0.5, 0.6) is 0 Å². The number of carboxylic acids is 1. The second-order valence-electron chi connectivity index (χ2n) is 4.76. The molecule has 1 aromatic rings. The molecule has 1 fully saturated rings. The van der Waals surface area contributed by atoms with Gasteiger partial charge in [0, 0.05) is 12.7 Å². The minimum absolute atomic E-state index is 0.225. The van der Waals surface area contributed by atoms with Crippen molar-refractivity contribution in [3.05, 3.63) is 23.9 Å². The number of aliphatic carboxylic acids is 1. The number of pyridine rings is 1. The summed E-state index contributed by atoms with van der Waals surface area (Å²) in [5, 5.41) is 9.99. The van der Waals surface area contributed by atoms with Crippen LogP contribution in [0.2, 0.25) is 0 Å². The number of amides is 1. The summed E-state index contributed by atoms with van der Waals surface area (Å²) in [6.07, 6.45) is 6.69. The molecule has 1 aliphatic heterocycles. The van der Waals surface area contributed by atoms with Crippen molar-refractivity contribution in [3.8, 4) is 0 Å². The van der Waals surface area contributed by atoms with Crippen molar-refractivity contribution in [2.45, 2.75) is 36.8 Å². The number of carboxylic acid groups (broad SMARTS) is 1. The highest BCUT2D eigenvalue weighted by Gasteiger charge is 2.32. The molecule has 0 aromatic carbocycles. The van der Waals surface area contributed by atoms with Crippen molar-refractivity contribution in [2.75, 3.05) is 12.8 Å². The van der Waals surface area contributed by atoms with E-state index >= 15 is 0 Å². The predicted molar refractivity (Wildman–Crippen MR) is 76.9 cm³/mol. The first-order valence-electron chi connectivity index (χ1n) is 6.68. The van der Waals surface area contributed by atoms with Gasteiger partial charge in [0.25, 0.3) is 5.91 Å². The monoisotopic (exact) mass is 294 g/mol. The van der Waals surface area contributed by atoms with Crippen LogP contribution in [-0.2, 0) is 4.79 Å². The van der Waals surface area contributed by atoms with Crippen molar-refractivity contribution < 1.29 is 14.7 Å². The van der Waals surface area contributed by atoms with Crippen molar-refractivity contribution in [1.82, 2.24) is 9.88 Å². The molecule has 0 radical (unpaired) electrons. The van der Waals surface area contributed by atoms with E-state index < -0.39 is 12.0 Å². The average molecular weight is 294 g/mol. The molecule has 1 atom stereocenters. The van der Waals surface area contributed by atoms with E-state index in [0.717, 1.165) is 19.3 Å². The first-order valence-corrected chi connectivity index (χ1v) is 7.90. The SMILES string of the molecule is CSc1ncccc1C(=O)N1CCCCCC1C(=O)O. The van der Waals surface area contributed by atoms with Crippen LogP contribution in [0.4, 0.5) is 0 Å². The van der Waals surface area contributed by atoms with Gasteiger partial charge in [0.05, 0.1) is 5.56 Å². The minimum Gasteiger partial charge on any atom is -0.480 e. The van der Waals surface area contributed by atoms with Gasteiger partial charge in [0.15, 0.2) is 0 Å². The molecule has 2 rings (SSSR count). The van der Waals surface area contributed by atoms with E-state index in [1.807, 2.05) is 6.26 Å². The number of thioether (sulfide) groups is 1. The number of nitrogens with zero attached hydrogens (tertiary/aromatic N) is 2.